The quantitative estimate of drug-likeness (QED) is 0.497. The molecule has 0 aromatic carbocycles. The van der Waals surface area contributed by atoms with Crippen LogP contribution in [0.15, 0.2) is 0 Å². The van der Waals surface area contributed by atoms with Crippen molar-refractivity contribution in [3.63, 3.8) is 0 Å². The SMILES string of the molecule is CC(C)(CC1CS1)SC(C)(C)SCC1CS1. The van der Waals surface area contributed by atoms with E-state index in [1.54, 1.807) is 0 Å². The molecule has 0 spiro atoms. The second kappa shape index (κ2) is 5.18. The van der Waals surface area contributed by atoms with E-state index in [1.165, 1.54) is 23.7 Å². The minimum atomic E-state index is 0.381. The minimum Gasteiger partial charge on any atom is -0.157 e. The summed E-state index contributed by atoms with van der Waals surface area (Å²) >= 11 is 8.58. The van der Waals surface area contributed by atoms with Crippen molar-refractivity contribution in [1.29, 1.82) is 0 Å². The van der Waals surface area contributed by atoms with E-state index in [2.05, 4.69) is 74.7 Å². The van der Waals surface area contributed by atoms with Crippen molar-refractivity contribution in [2.75, 3.05) is 17.3 Å². The molecule has 0 nitrogen and oxygen atoms in total. The second-order valence-electron chi connectivity index (χ2n) is 5.69. The van der Waals surface area contributed by atoms with Gasteiger partial charge >= 0.3 is 0 Å². The van der Waals surface area contributed by atoms with E-state index < -0.39 is 0 Å². The third kappa shape index (κ3) is 5.36. The first-order valence-electron chi connectivity index (χ1n) is 5.94. The first-order valence-corrected chi connectivity index (χ1v) is 9.84. The van der Waals surface area contributed by atoms with E-state index in [1.807, 2.05) is 0 Å². The Kier molecular flexibility index (Phi) is 4.48. The molecule has 0 N–H and O–H groups in total. The lowest BCUT2D eigenvalue weighted by molar-refractivity contribution is 0.653. The van der Waals surface area contributed by atoms with Gasteiger partial charge in [0.1, 0.15) is 0 Å². The van der Waals surface area contributed by atoms with Crippen molar-refractivity contribution in [2.24, 2.45) is 0 Å². The van der Waals surface area contributed by atoms with Crippen LogP contribution < -0.4 is 0 Å². The van der Waals surface area contributed by atoms with Gasteiger partial charge in [0.05, 0.1) is 4.08 Å². The fourth-order valence-corrected chi connectivity index (χ4v) is 7.25. The highest BCUT2D eigenvalue weighted by molar-refractivity contribution is 8.19. The highest BCUT2D eigenvalue weighted by Crippen LogP contribution is 2.50. The first kappa shape index (κ1) is 13.8. The predicted octanol–water partition coefficient (Wildman–Crippen LogP) is 4.59. The highest BCUT2D eigenvalue weighted by atomic mass is 32.2. The monoisotopic (exact) mass is 294 g/mol. The van der Waals surface area contributed by atoms with Crippen molar-refractivity contribution >= 4 is 47.0 Å². The average molecular weight is 295 g/mol. The van der Waals surface area contributed by atoms with Gasteiger partial charge in [0.2, 0.25) is 0 Å². The van der Waals surface area contributed by atoms with Gasteiger partial charge in [-0.1, -0.05) is 13.8 Å². The predicted molar refractivity (Wildman–Crippen MR) is 85.3 cm³/mol. The molecule has 2 fully saturated rings. The van der Waals surface area contributed by atoms with Crippen molar-refractivity contribution < 1.29 is 0 Å². The third-order valence-corrected chi connectivity index (χ3v) is 7.90. The van der Waals surface area contributed by atoms with Crippen molar-refractivity contribution in [1.82, 2.24) is 0 Å². The van der Waals surface area contributed by atoms with Gasteiger partial charge in [-0.25, -0.2) is 0 Å². The van der Waals surface area contributed by atoms with E-state index in [4.69, 9.17) is 0 Å². The first-order chi connectivity index (χ1) is 7.36. The van der Waals surface area contributed by atoms with Crippen LogP contribution in [0.3, 0.4) is 0 Å². The Balaban J connectivity index is 1.74. The molecule has 2 unspecified atom stereocenters. The number of rotatable bonds is 7. The molecule has 2 aliphatic heterocycles. The van der Waals surface area contributed by atoms with Crippen LogP contribution in [-0.4, -0.2) is 36.6 Å². The molecule has 94 valence electrons. The molecule has 2 rings (SSSR count). The summed E-state index contributed by atoms with van der Waals surface area (Å²) < 4.78 is 0.827. The number of thioether (sulfide) groups is 4. The Labute approximate surface area is 117 Å². The molecule has 4 heteroatoms. The normalized spacial score (nSPS) is 29.2. The van der Waals surface area contributed by atoms with Crippen molar-refractivity contribution in [3.8, 4) is 0 Å². The fraction of sp³-hybridized carbons (Fsp3) is 1.00. The molecular weight excluding hydrogens is 272 g/mol. The van der Waals surface area contributed by atoms with Crippen LogP contribution in [0.5, 0.6) is 0 Å². The number of hydrogen-bond donors (Lipinski definition) is 0. The van der Waals surface area contributed by atoms with Gasteiger partial charge < -0.3 is 0 Å². The fourth-order valence-electron chi connectivity index (χ4n) is 1.93. The lowest BCUT2D eigenvalue weighted by Gasteiger charge is -2.34. The molecule has 2 saturated heterocycles. The summed E-state index contributed by atoms with van der Waals surface area (Å²) in [6, 6.07) is 0. The zero-order valence-corrected chi connectivity index (χ0v) is 13.9. The van der Waals surface area contributed by atoms with Crippen LogP contribution in [-0.2, 0) is 0 Å². The maximum absolute atomic E-state index is 2.42. The molecule has 0 amide bonds. The molecule has 0 bridgehead atoms. The van der Waals surface area contributed by atoms with Crippen molar-refractivity contribution in [3.05, 3.63) is 0 Å². The summed E-state index contributed by atoms with van der Waals surface area (Å²) in [6.45, 7) is 9.64. The maximum atomic E-state index is 2.42. The second-order valence-corrected chi connectivity index (χ2v) is 12.6. The summed E-state index contributed by atoms with van der Waals surface area (Å²) in [4.78, 5) is 0. The molecule has 0 aromatic heterocycles. The summed E-state index contributed by atoms with van der Waals surface area (Å²) in [5.74, 6) is 4.14. The van der Waals surface area contributed by atoms with Gasteiger partial charge in [0.15, 0.2) is 0 Å². The molecule has 16 heavy (non-hydrogen) atoms. The Morgan fingerprint density at radius 2 is 1.62 bits per heavy atom. The van der Waals surface area contributed by atoms with E-state index in [-0.39, 0.29) is 0 Å². The Bertz CT molecular complexity index is 241. The molecule has 2 atom stereocenters. The standard InChI is InChI=1S/C12H22S4/c1-11(2,5-9-6-13-9)16-12(3,4)15-8-10-7-14-10/h9-10H,5-8H2,1-4H3. The van der Waals surface area contributed by atoms with Crippen molar-refractivity contribution in [2.45, 2.75) is 53.4 Å². The van der Waals surface area contributed by atoms with E-state index in [0.29, 0.717) is 8.83 Å². The minimum absolute atomic E-state index is 0.381. The van der Waals surface area contributed by atoms with Crippen LogP contribution in [0.25, 0.3) is 0 Å². The largest absolute Gasteiger partial charge is 0.157 e. The molecule has 2 heterocycles. The van der Waals surface area contributed by atoms with Gasteiger partial charge in [-0.05, 0) is 20.3 Å². The molecule has 0 aliphatic carbocycles. The van der Waals surface area contributed by atoms with Crippen LogP contribution >= 0.6 is 47.0 Å². The summed E-state index contributed by atoms with van der Waals surface area (Å²) in [5, 5.41) is 1.93. The van der Waals surface area contributed by atoms with Gasteiger partial charge in [-0.3, -0.25) is 0 Å². The molecule has 2 aliphatic rings. The molecule has 0 aromatic rings. The van der Waals surface area contributed by atoms with E-state index in [0.717, 1.165) is 10.5 Å². The van der Waals surface area contributed by atoms with E-state index in [9.17, 15) is 0 Å². The third-order valence-electron chi connectivity index (χ3n) is 2.66. The Morgan fingerprint density at radius 1 is 1.06 bits per heavy atom. The van der Waals surface area contributed by atoms with E-state index >= 15 is 0 Å². The lowest BCUT2D eigenvalue weighted by atomic mass is 10.1. The van der Waals surface area contributed by atoms with Crippen LogP contribution in [0.1, 0.15) is 34.1 Å². The summed E-state index contributed by atoms with van der Waals surface area (Å²) in [6.07, 6.45) is 1.38. The van der Waals surface area contributed by atoms with Crippen LogP contribution in [0.2, 0.25) is 0 Å². The van der Waals surface area contributed by atoms with Gasteiger partial charge in [0.25, 0.3) is 0 Å². The summed E-state index contributed by atoms with van der Waals surface area (Å²) in [7, 11) is 0. The summed E-state index contributed by atoms with van der Waals surface area (Å²) in [5.41, 5.74) is 0. The highest BCUT2D eigenvalue weighted by Gasteiger charge is 2.36. The zero-order valence-electron chi connectivity index (χ0n) is 10.6. The molecule has 0 saturated carbocycles. The van der Waals surface area contributed by atoms with Gasteiger partial charge in [-0.2, -0.15) is 23.5 Å². The lowest BCUT2D eigenvalue weighted by Crippen LogP contribution is -2.25. The zero-order chi connectivity index (χ0) is 11.8. The topological polar surface area (TPSA) is 0 Å². The Hall–Kier alpha value is 1.40. The number of hydrogen-bond acceptors (Lipinski definition) is 4. The smallest absolute Gasteiger partial charge is 0.0560 e. The molecule has 0 radical (unpaired) electrons. The van der Waals surface area contributed by atoms with Crippen LogP contribution in [0, 0.1) is 0 Å². The Morgan fingerprint density at radius 3 is 2.12 bits per heavy atom. The average Bonchev–Trinajstić information content (AvgIpc) is 2.92. The molecular formula is C12H22S4. The van der Waals surface area contributed by atoms with Gasteiger partial charge in [0, 0.05) is 32.5 Å². The maximum Gasteiger partial charge on any atom is 0.0560 e. The van der Waals surface area contributed by atoms with Crippen LogP contribution in [0.4, 0.5) is 0 Å². The van der Waals surface area contributed by atoms with Gasteiger partial charge in [-0.15, -0.1) is 23.5 Å².